The van der Waals surface area contributed by atoms with Crippen LogP contribution >= 0.6 is 11.3 Å². The van der Waals surface area contributed by atoms with Gasteiger partial charge in [0.15, 0.2) is 5.82 Å². The van der Waals surface area contributed by atoms with E-state index in [4.69, 9.17) is 9.63 Å². The molecule has 2 rings (SSSR count). The van der Waals surface area contributed by atoms with Crippen molar-refractivity contribution in [1.82, 2.24) is 15.0 Å². The van der Waals surface area contributed by atoms with Crippen molar-refractivity contribution in [2.45, 2.75) is 26.3 Å². The van der Waals surface area contributed by atoms with E-state index in [0.717, 1.165) is 24.3 Å². The van der Waals surface area contributed by atoms with E-state index < -0.39 is 0 Å². The maximum atomic E-state index is 9.07. The second-order valence-electron chi connectivity index (χ2n) is 4.35. The Balaban J connectivity index is 1.97. The van der Waals surface area contributed by atoms with Crippen LogP contribution < -0.4 is 0 Å². The van der Waals surface area contributed by atoms with E-state index >= 15 is 0 Å². The van der Waals surface area contributed by atoms with Crippen LogP contribution in [0.5, 0.6) is 0 Å². The summed E-state index contributed by atoms with van der Waals surface area (Å²) >= 11 is 1.58. The van der Waals surface area contributed by atoms with Gasteiger partial charge in [0.1, 0.15) is 0 Å². The minimum absolute atomic E-state index is 0.152. The maximum Gasteiger partial charge on any atom is 0.268 e. The molecule has 5 nitrogen and oxygen atoms in total. The molecule has 104 valence electrons. The first kappa shape index (κ1) is 14.2. The maximum absolute atomic E-state index is 9.07. The SMILES string of the molecule is CCCCN(CCO)Cc1noc(-c2cccs2)n1. The van der Waals surface area contributed by atoms with Crippen molar-refractivity contribution in [1.29, 1.82) is 0 Å². The molecule has 0 saturated heterocycles. The van der Waals surface area contributed by atoms with Crippen LogP contribution in [0.15, 0.2) is 22.0 Å². The average Bonchev–Trinajstić information content (AvgIpc) is 3.06. The van der Waals surface area contributed by atoms with E-state index in [1.54, 1.807) is 11.3 Å². The normalized spacial score (nSPS) is 11.3. The molecule has 1 N–H and O–H groups in total. The number of rotatable bonds is 8. The van der Waals surface area contributed by atoms with Crippen molar-refractivity contribution in [2.75, 3.05) is 19.7 Å². The molecule has 0 bridgehead atoms. The smallest absolute Gasteiger partial charge is 0.268 e. The minimum atomic E-state index is 0.152. The molecule has 6 heteroatoms. The molecule has 19 heavy (non-hydrogen) atoms. The van der Waals surface area contributed by atoms with Gasteiger partial charge >= 0.3 is 0 Å². The molecule has 0 radical (unpaired) electrons. The molecule has 0 unspecified atom stereocenters. The average molecular weight is 281 g/mol. The van der Waals surface area contributed by atoms with Gasteiger partial charge < -0.3 is 9.63 Å². The third-order valence-electron chi connectivity index (χ3n) is 2.81. The second kappa shape index (κ2) is 7.37. The van der Waals surface area contributed by atoms with Crippen LogP contribution in [0.25, 0.3) is 10.8 Å². The number of nitrogens with zero attached hydrogens (tertiary/aromatic N) is 3. The number of unbranched alkanes of at least 4 members (excludes halogenated alkanes) is 1. The monoisotopic (exact) mass is 281 g/mol. The summed E-state index contributed by atoms with van der Waals surface area (Å²) in [6.07, 6.45) is 2.24. The molecule has 0 aliphatic rings. The highest BCUT2D eigenvalue weighted by atomic mass is 32.1. The van der Waals surface area contributed by atoms with E-state index in [1.165, 1.54) is 0 Å². The van der Waals surface area contributed by atoms with Crippen molar-refractivity contribution < 1.29 is 9.63 Å². The van der Waals surface area contributed by atoms with Gasteiger partial charge in [0, 0.05) is 6.54 Å². The Morgan fingerprint density at radius 3 is 3.00 bits per heavy atom. The van der Waals surface area contributed by atoms with Gasteiger partial charge in [-0.15, -0.1) is 11.3 Å². The van der Waals surface area contributed by atoms with Crippen LogP contribution in [0, 0.1) is 0 Å². The van der Waals surface area contributed by atoms with Gasteiger partial charge in [0.2, 0.25) is 0 Å². The molecule has 0 fully saturated rings. The molecule has 0 aliphatic heterocycles. The fraction of sp³-hybridized carbons (Fsp3) is 0.538. The summed E-state index contributed by atoms with van der Waals surface area (Å²) < 4.78 is 5.25. The number of thiophene rings is 1. The van der Waals surface area contributed by atoms with Crippen LogP contribution in [0.3, 0.4) is 0 Å². The molecule has 0 saturated carbocycles. The van der Waals surface area contributed by atoms with Gasteiger partial charge in [0.05, 0.1) is 18.0 Å². The fourth-order valence-electron chi connectivity index (χ4n) is 1.81. The van der Waals surface area contributed by atoms with E-state index in [0.29, 0.717) is 24.8 Å². The Morgan fingerprint density at radius 1 is 1.42 bits per heavy atom. The second-order valence-corrected chi connectivity index (χ2v) is 5.29. The first-order valence-corrected chi connectivity index (χ1v) is 7.41. The number of hydrogen-bond donors (Lipinski definition) is 1. The lowest BCUT2D eigenvalue weighted by Gasteiger charge is -2.18. The summed E-state index contributed by atoms with van der Waals surface area (Å²) in [6.45, 7) is 4.51. The van der Waals surface area contributed by atoms with Crippen molar-refractivity contribution in [3.63, 3.8) is 0 Å². The molecule has 2 aromatic rings. The zero-order chi connectivity index (χ0) is 13.5. The zero-order valence-corrected chi connectivity index (χ0v) is 11.9. The molecule has 0 spiro atoms. The summed E-state index contributed by atoms with van der Waals surface area (Å²) in [4.78, 5) is 7.52. The van der Waals surface area contributed by atoms with E-state index in [2.05, 4.69) is 22.0 Å². The molecule has 0 aliphatic carbocycles. The summed E-state index contributed by atoms with van der Waals surface area (Å²) in [5, 5.41) is 15.0. The van der Waals surface area contributed by atoms with Crippen LogP contribution in [0.1, 0.15) is 25.6 Å². The van der Waals surface area contributed by atoms with Crippen molar-refractivity contribution in [3.8, 4) is 10.8 Å². The van der Waals surface area contributed by atoms with Crippen LogP contribution in [0.4, 0.5) is 0 Å². The minimum Gasteiger partial charge on any atom is -0.395 e. The molecule has 2 heterocycles. The van der Waals surface area contributed by atoms with E-state index in [9.17, 15) is 0 Å². The van der Waals surface area contributed by atoms with Crippen LogP contribution in [0.2, 0.25) is 0 Å². The highest BCUT2D eigenvalue weighted by Crippen LogP contribution is 2.22. The predicted molar refractivity (Wildman–Crippen MR) is 74.9 cm³/mol. The third-order valence-corrected chi connectivity index (χ3v) is 3.67. The summed E-state index contributed by atoms with van der Waals surface area (Å²) in [6, 6.07) is 3.92. The molecule has 0 atom stereocenters. The van der Waals surface area contributed by atoms with Gasteiger partial charge in [-0.05, 0) is 24.4 Å². The Kier molecular flexibility index (Phi) is 5.50. The van der Waals surface area contributed by atoms with Gasteiger partial charge in [0.25, 0.3) is 5.89 Å². The lowest BCUT2D eigenvalue weighted by Crippen LogP contribution is -2.28. The molecular formula is C13H19N3O2S. The van der Waals surface area contributed by atoms with Gasteiger partial charge in [-0.1, -0.05) is 24.6 Å². The quantitative estimate of drug-likeness (QED) is 0.805. The Morgan fingerprint density at radius 2 is 2.32 bits per heavy atom. The topological polar surface area (TPSA) is 62.4 Å². The Bertz CT molecular complexity index is 470. The largest absolute Gasteiger partial charge is 0.395 e. The van der Waals surface area contributed by atoms with Gasteiger partial charge in [-0.2, -0.15) is 4.98 Å². The van der Waals surface area contributed by atoms with Gasteiger partial charge in [-0.25, -0.2) is 0 Å². The standard InChI is InChI=1S/C13H19N3O2S/c1-2-3-6-16(7-8-17)10-12-14-13(18-15-12)11-5-4-9-19-11/h4-5,9,17H,2-3,6-8,10H2,1H3. The Hall–Kier alpha value is -1.24. The summed E-state index contributed by atoms with van der Waals surface area (Å²) in [7, 11) is 0. The Labute approximate surface area is 116 Å². The lowest BCUT2D eigenvalue weighted by atomic mass is 10.3. The number of aliphatic hydroxyl groups is 1. The first-order chi connectivity index (χ1) is 9.33. The predicted octanol–water partition coefficient (Wildman–Crippen LogP) is 2.39. The number of aliphatic hydroxyl groups excluding tert-OH is 1. The van der Waals surface area contributed by atoms with E-state index in [1.807, 2.05) is 17.5 Å². The first-order valence-electron chi connectivity index (χ1n) is 6.53. The number of aromatic nitrogens is 2. The fourth-order valence-corrected chi connectivity index (χ4v) is 2.46. The summed E-state index contributed by atoms with van der Waals surface area (Å²) in [5.74, 6) is 1.25. The lowest BCUT2D eigenvalue weighted by molar-refractivity contribution is 0.184. The van der Waals surface area contributed by atoms with E-state index in [-0.39, 0.29) is 6.61 Å². The summed E-state index contributed by atoms with van der Waals surface area (Å²) in [5.41, 5.74) is 0. The highest BCUT2D eigenvalue weighted by Gasteiger charge is 2.12. The van der Waals surface area contributed by atoms with Crippen LogP contribution in [-0.2, 0) is 6.54 Å². The number of hydrogen-bond acceptors (Lipinski definition) is 6. The molecular weight excluding hydrogens is 262 g/mol. The molecule has 0 aromatic carbocycles. The van der Waals surface area contributed by atoms with Crippen molar-refractivity contribution in [2.24, 2.45) is 0 Å². The highest BCUT2D eigenvalue weighted by molar-refractivity contribution is 7.13. The molecule has 2 aromatic heterocycles. The molecule has 0 amide bonds. The third kappa shape index (κ3) is 4.12. The van der Waals surface area contributed by atoms with Crippen molar-refractivity contribution >= 4 is 11.3 Å². The van der Waals surface area contributed by atoms with Gasteiger partial charge in [-0.3, -0.25) is 4.90 Å². The van der Waals surface area contributed by atoms with Crippen molar-refractivity contribution in [3.05, 3.63) is 23.3 Å². The van der Waals surface area contributed by atoms with Crippen LogP contribution in [-0.4, -0.2) is 39.8 Å². The zero-order valence-electron chi connectivity index (χ0n) is 11.1.